The van der Waals surface area contributed by atoms with Gasteiger partial charge in [-0.3, -0.25) is 4.79 Å². The van der Waals surface area contributed by atoms with Gasteiger partial charge in [0.05, 0.1) is 13.0 Å². The third kappa shape index (κ3) is 4.63. The molecule has 0 saturated carbocycles. The number of hydrogen-bond acceptors (Lipinski definition) is 2. The predicted octanol–water partition coefficient (Wildman–Crippen LogP) is 3.39. The summed E-state index contributed by atoms with van der Waals surface area (Å²) in [5.41, 5.74) is 3.41. The van der Waals surface area contributed by atoms with Gasteiger partial charge < -0.3 is 10.1 Å². The van der Waals surface area contributed by atoms with Gasteiger partial charge in [-0.1, -0.05) is 42.5 Å². The number of benzene rings is 2. The average molecular weight is 283 g/mol. The highest BCUT2D eigenvalue weighted by Crippen LogP contribution is 2.16. The molecule has 3 nitrogen and oxygen atoms in total. The van der Waals surface area contributed by atoms with Crippen LogP contribution in [0, 0.1) is 13.8 Å². The Morgan fingerprint density at radius 1 is 1.00 bits per heavy atom. The number of amides is 1. The normalized spacial score (nSPS) is 10.2. The molecule has 0 bridgehead atoms. The lowest BCUT2D eigenvalue weighted by Gasteiger charge is -2.10. The quantitative estimate of drug-likeness (QED) is 0.882. The summed E-state index contributed by atoms with van der Waals surface area (Å²) >= 11 is 0. The molecule has 0 spiro atoms. The third-order valence-electron chi connectivity index (χ3n) is 3.42. The van der Waals surface area contributed by atoms with Gasteiger partial charge in [0.2, 0.25) is 5.91 Å². The van der Waals surface area contributed by atoms with E-state index in [4.69, 9.17) is 4.74 Å². The van der Waals surface area contributed by atoms with E-state index in [0.717, 1.165) is 16.9 Å². The van der Waals surface area contributed by atoms with Crippen molar-refractivity contribution in [3.8, 4) is 5.75 Å². The van der Waals surface area contributed by atoms with Crippen molar-refractivity contribution < 1.29 is 9.53 Å². The molecular formula is C18H21NO2. The molecule has 21 heavy (non-hydrogen) atoms. The highest BCUT2D eigenvalue weighted by Gasteiger charge is 2.04. The molecule has 2 rings (SSSR count). The van der Waals surface area contributed by atoms with Gasteiger partial charge >= 0.3 is 0 Å². The second kappa shape index (κ2) is 7.48. The van der Waals surface area contributed by atoms with E-state index in [2.05, 4.69) is 5.32 Å². The van der Waals surface area contributed by atoms with Crippen LogP contribution in [0.5, 0.6) is 5.75 Å². The summed E-state index contributed by atoms with van der Waals surface area (Å²) in [6.45, 7) is 5.00. The van der Waals surface area contributed by atoms with Gasteiger partial charge in [0.15, 0.2) is 0 Å². The van der Waals surface area contributed by atoms with E-state index < -0.39 is 0 Å². The standard InChI is InChI=1S/C18H21NO2/c1-14-7-3-5-9-16(14)13-19-18(20)11-12-21-17-10-6-4-8-15(17)2/h3-10H,11-13H2,1-2H3,(H,19,20). The molecule has 3 heteroatoms. The highest BCUT2D eigenvalue weighted by molar-refractivity contribution is 5.76. The molecule has 0 aliphatic carbocycles. The summed E-state index contributed by atoms with van der Waals surface area (Å²) in [6.07, 6.45) is 0.361. The van der Waals surface area contributed by atoms with E-state index in [9.17, 15) is 4.79 Å². The van der Waals surface area contributed by atoms with Crippen LogP contribution in [-0.4, -0.2) is 12.5 Å². The molecule has 110 valence electrons. The van der Waals surface area contributed by atoms with Crippen LogP contribution in [-0.2, 0) is 11.3 Å². The van der Waals surface area contributed by atoms with E-state index in [1.54, 1.807) is 0 Å². The van der Waals surface area contributed by atoms with E-state index in [1.165, 1.54) is 5.56 Å². The number of ether oxygens (including phenoxy) is 1. The Kier molecular flexibility index (Phi) is 5.38. The molecule has 2 aromatic carbocycles. The van der Waals surface area contributed by atoms with Crippen molar-refractivity contribution >= 4 is 5.91 Å². The number of para-hydroxylation sites is 1. The smallest absolute Gasteiger partial charge is 0.223 e. The number of rotatable bonds is 6. The van der Waals surface area contributed by atoms with Crippen LogP contribution in [0.4, 0.5) is 0 Å². The first kappa shape index (κ1) is 15.1. The van der Waals surface area contributed by atoms with Crippen LogP contribution in [0.3, 0.4) is 0 Å². The van der Waals surface area contributed by atoms with E-state index in [-0.39, 0.29) is 5.91 Å². The first-order chi connectivity index (χ1) is 10.2. The minimum Gasteiger partial charge on any atom is -0.493 e. The Morgan fingerprint density at radius 2 is 1.67 bits per heavy atom. The fourth-order valence-corrected chi connectivity index (χ4v) is 2.06. The lowest BCUT2D eigenvalue weighted by Crippen LogP contribution is -2.24. The number of aryl methyl sites for hydroxylation is 2. The van der Waals surface area contributed by atoms with Crippen LogP contribution < -0.4 is 10.1 Å². The summed E-state index contributed by atoms with van der Waals surface area (Å²) in [5.74, 6) is 0.844. The van der Waals surface area contributed by atoms with Crippen molar-refractivity contribution in [1.29, 1.82) is 0 Å². The Balaban J connectivity index is 1.73. The summed E-state index contributed by atoms with van der Waals surface area (Å²) in [7, 11) is 0. The Bertz CT molecular complexity index is 608. The first-order valence-corrected chi connectivity index (χ1v) is 7.16. The summed E-state index contributed by atoms with van der Waals surface area (Å²) in [6, 6.07) is 15.9. The van der Waals surface area contributed by atoms with Crippen LogP contribution in [0.1, 0.15) is 23.1 Å². The van der Waals surface area contributed by atoms with Gasteiger partial charge in [0, 0.05) is 6.54 Å². The van der Waals surface area contributed by atoms with Gasteiger partial charge in [0.25, 0.3) is 0 Å². The molecule has 1 amide bonds. The maximum Gasteiger partial charge on any atom is 0.223 e. The first-order valence-electron chi connectivity index (χ1n) is 7.16. The number of nitrogens with one attached hydrogen (secondary N) is 1. The summed E-state index contributed by atoms with van der Waals surface area (Å²) < 4.78 is 5.62. The van der Waals surface area contributed by atoms with Crippen molar-refractivity contribution in [2.24, 2.45) is 0 Å². The maximum atomic E-state index is 11.8. The average Bonchev–Trinajstić information content (AvgIpc) is 2.48. The van der Waals surface area contributed by atoms with Gasteiger partial charge in [-0.2, -0.15) is 0 Å². The molecule has 0 heterocycles. The lowest BCUT2D eigenvalue weighted by atomic mass is 10.1. The molecule has 0 aliphatic heterocycles. The molecule has 0 aromatic heterocycles. The van der Waals surface area contributed by atoms with Crippen molar-refractivity contribution in [2.75, 3.05) is 6.61 Å². The predicted molar refractivity (Wildman–Crippen MR) is 84.3 cm³/mol. The molecule has 0 atom stereocenters. The van der Waals surface area contributed by atoms with Crippen LogP contribution in [0.2, 0.25) is 0 Å². The van der Waals surface area contributed by atoms with Gasteiger partial charge in [-0.15, -0.1) is 0 Å². The molecular weight excluding hydrogens is 262 g/mol. The molecule has 0 saturated heterocycles. The highest BCUT2D eigenvalue weighted by atomic mass is 16.5. The van der Waals surface area contributed by atoms with Gasteiger partial charge in [0.1, 0.15) is 5.75 Å². The lowest BCUT2D eigenvalue weighted by molar-refractivity contribution is -0.121. The van der Waals surface area contributed by atoms with E-state index in [0.29, 0.717) is 19.6 Å². The second-order valence-corrected chi connectivity index (χ2v) is 5.07. The second-order valence-electron chi connectivity index (χ2n) is 5.07. The Hall–Kier alpha value is -2.29. The van der Waals surface area contributed by atoms with Crippen LogP contribution in [0.25, 0.3) is 0 Å². The SMILES string of the molecule is Cc1ccccc1CNC(=O)CCOc1ccccc1C. The molecule has 0 fully saturated rings. The fraction of sp³-hybridized carbons (Fsp3) is 0.278. The van der Waals surface area contributed by atoms with Gasteiger partial charge in [-0.05, 0) is 36.6 Å². The maximum absolute atomic E-state index is 11.8. The van der Waals surface area contributed by atoms with Crippen molar-refractivity contribution in [3.05, 3.63) is 65.2 Å². The molecule has 0 aliphatic rings. The Morgan fingerprint density at radius 3 is 2.38 bits per heavy atom. The number of carbonyl (C=O) groups is 1. The van der Waals surface area contributed by atoms with E-state index in [1.807, 2.05) is 62.4 Å². The minimum atomic E-state index is 0.00633. The number of carbonyl (C=O) groups excluding carboxylic acids is 1. The van der Waals surface area contributed by atoms with Crippen molar-refractivity contribution in [3.63, 3.8) is 0 Å². The monoisotopic (exact) mass is 283 g/mol. The van der Waals surface area contributed by atoms with Crippen molar-refractivity contribution in [2.45, 2.75) is 26.8 Å². The molecule has 0 radical (unpaired) electrons. The Labute approximate surface area is 126 Å². The van der Waals surface area contributed by atoms with Gasteiger partial charge in [-0.25, -0.2) is 0 Å². The minimum absolute atomic E-state index is 0.00633. The number of hydrogen-bond donors (Lipinski definition) is 1. The summed E-state index contributed by atoms with van der Waals surface area (Å²) in [5, 5.41) is 2.92. The largest absolute Gasteiger partial charge is 0.493 e. The van der Waals surface area contributed by atoms with Crippen LogP contribution in [0.15, 0.2) is 48.5 Å². The zero-order valence-electron chi connectivity index (χ0n) is 12.6. The van der Waals surface area contributed by atoms with E-state index >= 15 is 0 Å². The van der Waals surface area contributed by atoms with Crippen LogP contribution >= 0.6 is 0 Å². The zero-order chi connectivity index (χ0) is 15.1. The zero-order valence-corrected chi connectivity index (χ0v) is 12.6. The molecule has 1 N–H and O–H groups in total. The third-order valence-corrected chi connectivity index (χ3v) is 3.42. The fourth-order valence-electron chi connectivity index (χ4n) is 2.06. The van der Waals surface area contributed by atoms with Crippen molar-refractivity contribution in [1.82, 2.24) is 5.32 Å². The topological polar surface area (TPSA) is 38.3 Å². The summed E-state index contributed by atoms with van der Waals surface area (Å²) in [4.78, 5) is 11.8. The molecule has 0 unspecified atom stereocenters. The molecule has 2 aromatic rings.